The fraction of sp³-hybridized carbons (Fsp3) is 0.353. The van der Waals surface area contributed by atoms with Crippen LogP contribution in [0.3, 0.4) is 0 Å². The van der Waals surface area contributed by atoms with Crippen LogP contribution < -0.4 is 5.32 Å². The number of rotatable bonds is 6. The molecule has 0 aliphatic rings. The first-order chi connectivity index (χ1) is 9.26. The summed E-state index contributed by atoms with van der Waals surface area (Å²) in [7, 11) is 0. The van der Waals surface area contributed by atoms with Crippen molar-refractivity contribution in [2.75, 3.05) is 6.54 Å². The van der Waals surface area contributed by atoms with Crippen LogP contribution in [0.15, 0.2) is 48.7 Å². The Hall–Kier alpha value is -1.67. The van der Waals surface area contributed by atoms with Crippen LogP contribution in [0.5, 0.6) is 0 Å². The third kappa shape index (κ3) is 3.21. The van der Waals surface area contributed by atoms with E-state index in [0.717, 1.165) is 24.9 Å². The molecule has 1 atom stereocenters. The number of fused-ring (bicyclic) bond motifs is 1. The van der Waals surface area contributed by atoms with Gasteiger partial charge in [-0.15, -0.1) is 0 Å². The Morgan fingerprint density at radius 3 is 2.79 bits per heavy atom. The highest BCUT2D eigenvalue weighted by Gasteiger charge is 2.14. The predicted molar refractivity (Wildman–Crippen MR) is 82.2 cm³/mol. The summed E-state index contributed by atoms with van der Waals surface area (Å²) in [5.41, 5.74) is 3.67. The zero-order valence-corrected chi connectivity index (χ0v) is 11.8. The molecule has 0 fully saturated rings. The molecule has 1 unspecified atom stereocenters. The molecule has 100 valence electrons. The summed E-state index contributed by atoms with van der Waals surface area (Å²) >= 11 is 0. The number of benzene rings is 1. The molecule has 0 aliphatic carbocycles. The van der Waals surface area contributed by atoms with Gasteiger partial charge in [-0.3, -0.25) is 4.98 Å². The molecule has 0 spiro atoms. The van der Waals surface area contributed by atoms with Gasteiger partial charge in [-0.2, -0.15) is 0 Å². The molecule has 0 bridgehead atoms. The highest BCUT2D eigenvalue weighted by atomic mass is 14.9. The normalized spacial score (nSPS) is 12.5. The van der Waals surface area contributed by atoms with Crippen molar-refractivity contribution in [1.82, 2.24) is 10.3 Å². The van der Waals surface area contributed by atoms with Crippen molar-refractivity contribution in [3.63, 3.8) is 0 Å². The first-order valence-electron chi connectivity index (χ1n) is 7.00. The van der Waals surface area contributed by atoms with Gasteiger partial charge in [-0.05, 0) is 37.1 Å². The number of pyridine rings is 1. The van der Waals surface area contributed by atoms with E-state index in [1.807, 2.05) is 12.3 Å². The summed E-state index contributed by atoms with van der Waals surface area (Å²) in [4.78, 5) is 4.43. The summed E-state index contributed by atoms with van der Waals surface area (Å²) in [6.07, 6.45) is 3.92. The molecule has 1 aromatic carbocycles. The third-order valence-electron chi connectivity index (χ3n) is 3.50. The lowest BCUT2D eigenvalue weighted by molar-refractivity contribution is 0.546. The number of nitrogens with one attached hydrogen (secondary N) is 1. The average molecular weight is 254 g/mol. The van der Waals surface area contributed by atoms with Crippen molar-refractivity contribution >= 4 is 10.9 Å². The van der Waals surface area contributed by atoms with Gasteiger partial charge in [0, 0.05) is 17.6 Å². The predicted octanol–water partition coefficient (Wildman–Crippen LogP) is 4.24. The fourth-order valence-electron chi connectivity index (χ4n) is 2.39. The van der Waals surface area contributed by atoms with E-state index in [1.165, 1.54) is 16.5 Å². The van der Waals surface area contributed by atoms with E-state index in [2.05, 4.69) is 55.0 Å². The summed E-state index contributed by atoms with van der Waals surface area (Å²) in [6, 6.07) is 10.8. The Morgan fingerprint density at radius 2 is 2.05 bits per heavy atom. The SMILES string of the molecule is C=C(CC)CC(NCC)c1ccnc2ccccc12. The van der Waals surface area contributed by atoms with E-state index in [1.54, 1.807) is 0 Å². The Bertz CT molecular complexity index is 555. The lowest BCUT2D eigenvalue weighted by Crippen LogP contribution is -2.21. The van der Waals surface area contributed by atoms with Gasteiger partial charge < -0.3 is 5.32 Å². The van der Waals surface area contributed by atoms with Crippen molar-refractivity contribution in [2.45, 2.75) is 32.7 Å². The Labute approximate surface area is 115 Å². The molecule has 0 radical (unpaired) electrons. The average Bonchev–Trinajstić information content (AvgIpc) is 2.46. The summed E-state index contributed by atoms with van der Waals surface area (Å²) < 4.78 is 0. The number of aromatic nitrogens is 1. The van der Waals surface area contributed by atoms with E-state index < -0.39 is 0 Å². The minimum atomic E-state index is 0.324. The quantitative estimate of drug-likeness (QED) is 0.780. The standard InChI is InChI=1S/C17H22N2/c1-4-13(3)12-17(18-5-2)15-10-11-19-16-9-7-6-8-14(15)16/h6-11,17-18H,3-5,12H2,1-2H3. The Morgan fingerprint density at radius 1 is 1.26 bits per heavy atom. The van der Waals surface area contributed by atoms with Gasteiger partial charge in [-0.25, -0.2) is 0 Å². The minimum absolute atomic E-state index is 0.324. The second kappa shape index (κ2) is 6.48. The first-order valence-corrected chi connectivity index (χ1v) is 7.00. The molecule has 1 heterocycles. The van der Waals surface area contributed by atoms with Gasteiger partial charge in [0.15, 0.2) is 0 Å². The second-order valence-corrected chi connectivity index (χ2v) is 4.84. The summed E-state index contributed by atoms with van der Waals surface area (Å²) in [6.45, 7) is 9.41. The maximum Gasteiger partial charge on any atom is 0.0705 e. The van der Waals surface area contributed by atoms with E-state index >= 15 is 0 Å². The number of nitrogens with zero attached hydrogens (tertiary/aromatic N) is 1. The van der Waals surface area contributed by atoms with Crippen molar-refractivity contribution in [1.29, 1.82) is 0 Å². The zero-order chi connectivity index (χ0) is 13.7. The Balaban J connectivity index is 2.40. The third-order valence-corrected chi connectivity index (χ3v) is 3.50. The van der Waals surface area contributed by atoms with Crippen LogP contribution in [0.1, 0.15) is 38.3 Å². The van der Waals surface area contributed by atoms with E-state index in [9.17, 15) is 0 Å². The van der Waals surface area contributed by atoms with Gasteiger partial charge in [0.05, 0.1) is 5.52 Å². The molecular weight excluding hydrogens is 232 g/mol. The monoisotopic (exact) mass is 254 g/mol. The van der Waals surface area contributed by atoms with Crippen LogP contribution in [0.2, 0.25) is 0 Å². The van der Waals surface area contributed by atoms with Crippen LogP contribution in [0.25, 0.3) is 10.9 Å². The van der Waals surface area contributed by atoms with Gasteiger partial charge in [-0.1, -0.05) is 44.2 Å². The van der Waals surface area contributed by atoms with Crippen LogP contribution >= 0.6 is 0 Å². The van der Waals surface area contributed by atoms with Crippen LogP contribution in [0, 0.1) is 0 Å². The van der Waals surface area contributed by atoms with Crippen LogP contribution in [-0.4, -0.2) is 11.5 Å². The van der Waals surface area contributed by atoms with Crippen LogP contribution in [-0.2, 0) is 0 Å². The highest BCUT2D eigenvalue weighted by Crippen LogP contribution is 2.27. The molecule has 0 saturated carbocycles. The maximum atomic E-state index is 4.43. The number of hydrogen-bond donors (Lipinski definition) is 1. The fourth-order valence-corrected chi connectivity index (χ4v) is 2.39. The van der Waals surface area contributed by atoms with Crippen molar-refractivity contribution in [2.24, 2.45) is 0 Å². The number of para-hydroxylation sites is 1. The van der Waals surface area contributed by atoms with Crippen molar-refractivity contribution in [3.8, 4) is 0 Å². The first kappa shape index (κ1) is 13.8. The van der Waals surface area contributed by atoms with E-state index in [0.29, 0.717) is 6.04 Å². The van der Waals surface area contributed by atoms with Crippen molar-refractivity contribution in [3.05, 3.63) is 54.2 Å². The molecule has 0 saturated heterocycles. The summed E-state index contributed by atoms with van der Waals surface area (Å²) in [5, 5.41) is 4.80. The molecule has 2 aromatic rings. The highest BCUT2D eigenvalue weighted by molar-refractivity contribution is 5.82. The zero-order valence-electron chi connectivity index (χ0n) is 11.8. The Kier molecular flexibility index (Phi) is 4.69. The second-order valence-electron chi connectivity index (χ2n) is 4.84. The van der Waals surface area contributed by atoms with Crippen molar-refractivity contribution < 1.29 is 0 Å². The van der Waals surface area contributed by atoms with Gasteiger partial charge in [0.1, 0.15) is 0 Å². The molecule has 1 N–H and O–H groups in total. The molecule has 1 aromatic heterocycles. The molecule has 0 amide bonds. The van der Waals surface area contributed by atoms with Gasteiger partial charge in [0.2, 0.25) is 0 Å². The van der Waals surface area contributed by atoms with E-state index in [-0.39, 0.29) is 0 Å². The molecule has 0 aliphatic heterocycles. The lowest BCUT2D eigenvalue weighted by Gasteiger charge is -2.20. The molecule has 2 heteroatoms. The largest absolute Gasteiger partial charge is 0.310 e. The van der Waals surface area contributed by atoms with Crippen LogP contribution in [0.4, 0.5) is 0 Å². The maximum absolute atomic E-state index is 4.43. The lowest BCUT2D eigenvalue weighted by atomic mass is 9.95. The van der Waals surface area contributed by atoms with E-state index in [4.69, 9.17) is 0 Å². The van der Waals surface area contributed by atoms with Gasteiger partial charge in [0.25, 0.3) is 0 Å². The molecular formula is C17H22N2. The number of hydrogen-bond acceptors (Lipinski definition) is 2. The topological polar surface area (TPSA) is 24.9 Å². The van der Waals surface area contributed by atoms with Gasteiger partial charge >= 0.3 is 0 Å². The minimum Gasteiger partial charge on any atom is -0.310 e. The molecule has 2 rings (SSSR count). The summed E-state index contributed by atoms with van der Waals surface area (Å²) in [5.74, 6) is 0. The smallest absolute Gasteiger partial charge is 0.0705 e. The molecule has 2 nitrogen and oxygen atoms in total. The molecule has 19 heavy (non-hydrogen) atoms.